The number of rotatable bonds is 6. The molecule has 2 aromatic rings. The van der Waals surface area contributed by atoms with E-state index in [0.717, 1.165) is 30.9 Å². The molecular weight excluding hydrogens is 254 g/mol. The summed E-state index contributed by atoms with van der Waals surface area (Å²) in [5.41, 5.74) is 7.88. The Labute approximate surface area is 119 Å². The summed E-state index contributed by atoms with van der Waals surface area (Å²) < 4.78 is 5.26. The van der Waals surface area contributed by atoms with Crippen LogP contribution >= 0.6 is 0 Å². The average molecular weight is 275 g/mol. The van der Waals surface area contributed by atoms with Crippen molar-refractivity contribution >= 4 is 0 Å². The summed E-state index contributed by atoms with van der Waals surface area (Å²) >= 11 is 0. The summed E-state index contributed by atoms with van der Waals surface area (Å²) in [7, 11) is 0. The van der Waals surface area contributed by atoms with Gasteiger partial charge in [0.2, 0.25) is 0 Å². The Morgan fingerprint density at radius 3 is 2.65 bits per heavy atom. The Bertz CT molecular complexity index is 533. The standard InChI is InChI=1S/C14H21N5O/c1-4-19(5-2)9-12(15)13-17-14(20-18-13)11-7-6-10(3)16-8-11/h6-8,12H,4-5,9,15H2,1-3H3. The van der Waals surface area contributed by atoms with Crippen molar-refractivity contribution in [3.8, 4) is 11.5 Å². The molecule has 0 amide bonds. The molecule has 1 atom stereocenters. The van der Waals surface area contributed by atoms with Crippen molar-refractivity contribution < 1.29 is 4.52 Å². The second-order valence-electron chi connectivity index (χ2n) is 4.74. The number of aryl methyl sites for hydroxylation is 1. The molecule has 2 N–H and O–H groups in total. The number of aromatic nitrogens is 3. The average Bonchev–Trinajstić information content (AvgIpc) is 2.95. The van der Waals surface area contributed by atoms with Gasteiger partial charge < -0.3 is 15.2 Å². The number of pyridine rings is 1. The van der Waals surface area contributed by atoms with Crippen LogP contribution in [-0.4, -0.2) is 39.7 Å². The number of nitrogens with zero attached hydrogens (tertiary/aromatic N) is 4. The molecule has 0 spiro atoms. The Kier molecular flexibility index (Phi) is 4.81. The van der Waals surface area contributed by atoms with Gasteiger partial charge in [0.05, 0.1) is 11.6 Å². The molecule has 0 saturated heterocycles. The topological polar surface area (TPSA) is 81.1 Å². The fourth-order valence-electron chi connectivity index (χ4n) is 1.94. The molecule has 0 fully saturated rings. The molecule has 1 unspecified atom stereocenters. The smallest absolute Gasteiger partial charge is 0.259 e. The maximum absolute atomic E-state index is 6.12. The third-order valence-electron chi connectivity index (χ3n) is 3.28. The van der Waals surface area contributed by atoms with Gasteiger partial charge in [-0.1, -0.05) is 19.0 Å². The molecular formula is C14H21N5O. The molecule has 6 heteroatoms. The van der Waals surface area contributed by atoms with Gasteiger partial charge in [0.25, 0.3) is 5.89 Å². The minimum absolute atomic E-state index is 0.245. The van der Waals surface area contributed by atoms with Crippen LogP contribution in [0.5, 0.6) is 0 Å². The van der Waals surface area contributed by atoms with Crippen LogP contribution in [-0.2, 0) is 0 Å². The maximum atomic E-state index is 6.12. The van der Waals surface area contributed by atoms with Gasteiger partial charge in [-0.2, -0.15) is 4.98 Å². The summed E-state index contributed by atoms with van der Waals surface area (Å²) in [6.45, 7) is 8.78. The second kappa shape index (κ2) is 6.58. The lowest BCUT2D eigenvalue weighted by Gasteiger charge is -2.20. The number of hydrogen-bond donors (Lipinski definition) is 1. The van der Waals surface area contributed by atoms with Crippen molar-refractivity contribution in [1.82, 2.24) is 20.0 Å². The van der Waals surface area contributed by atoms with E-state index < -0.39 is 0 Å². The molecule has 2 aromatic heterocycles. The van der Waals surface area contributed by atoms with Gasteiger partial charge in [-0.3, -0.25) is 4.98 Å². The molecule has 0 aromatic carbocycles. The lowest BCUT2D eigenvalue weighted by Crippen LogP contribution is -2.32. The highest BCUT2D eigenvalue weighted by Gasteiger charge is 2.17. The molecule has 0 saturated carbocycles. The lowest BCUT2D eigenvalue weighted by atomic mass is 10.2. The van der Waals surface area contributed by atoms with Gasteiger partial charge in [0, 0.05) is 18.4 Å². The van der Waals surface area contributed by atoms with Gasteiger partial charge in [0.15, 0.2) is 5.82 Å². The van der Waals surface area contributed by atoms with E-state index in [1.54, 1.807) is 6.20 Å². The van der Waals surface area contributed by atoms with Crippen LogP contribution in [0.25, 0.3) is 11.5 Å². The predicted octanol–water partition coefficient (Wildman–Crippen LogP) is 1.78. The Balaban J connectivity index is 2.10. The Hall–Kier alpha value is -1.79. The van der Waals surface area contributed by atoms with Gasteiger partial charge in [-0.05, 0) is 32.1 Å². The van der Waals surface area contributed by atoms with Crippen LogP contribution in [0.4, 0.5) is 0 Å². The van der Waals surface area contributed by atoms with Crippen LogP contribution in [0.2, 0.25) is 0 Å². The quantitative estimate of drug-likeness (QED) is 0.865. The monoisotopic (exact) mass is 275 g/mol. The van der Waals surface area contributed by atoms with Crippen molar-refractivity contribution in [2.24, 2.45) is 5.73 Å². The first-order valence-electron chi connectivity index (χ1n) is 6.88. The summed E-state index contributed by atoms with van der Waals surface area (Å²) in [6, 6.07) is 3.58. The van der Waals surface area contributed by atoms with Gasteiger partial charge in [0.1, 0.15) is 0 Å². The van der Waals surface area contributed by atoms with Gasteiger partial charge in [-0.25, -0.2) is 0 Å². The third kappa shape index (κ3) is 3.40. The van der Waals surface area contributed by atoms with Gasteiger partial charge >= 0.3 is 0 Å². The van der Waals surface area contributed by atoms with Gasteiger partial charge in [-0.15, -0.1) is 0 Å². The first-order chi connectivity index (χ1) is 9.63. The summed E-state index contributed by atoms with van der Waals surface area (Å²) in [6.07, 6.45) is 1.72. The first kappa shape index (κ1) is 14.6. The second-order valence-corrected chi connectivity index (χ2v) is 4.74. The van der Waals surface area contributed by atoms with E-state index >= 15 is 0 Å². The number of hydrogen-bond acceptors (Lipinski definition) is 6. The molecule has 108 valence electrons. The maximum Gasteiger partial charge on any atom is 0.259 e. The molecule has 0 aliphatic carbocycles. The Morgan fingerprint density at radius 1 is 1.30 bits per heavy atom. The molecule has 0 aliphatic heterocycles. The fraction of sp³-hybridized carbons (Fsp3) is 0.500. The zero-order valence-corrected chi connectivity index (χ0v) is 12.2. The zero-order chi connectivity index (χ0) is 14.5. The van der Waals surface area contributed by atoms with Crippen LogP contribution in [0, 0.1) is 6.92 Å². The van der Waals surface area contributed by atoms with E-state index in [-0.39, 0.29) is 6.04 Å². The van der Waals surface area contributed by atoms with E-state index in [0.29, 0.717) is 11.7 Å². The van der Waals surface area contributed by atoms with Crippen molar-refractivity contribution in [1.29, 1.82) is 0 Å². The first-order valence-corrected chi connectivity index (χ1v) is 6.88. The highest BCUT2D eigenvalue weighted by Crippen LogP contribution is 2.18. The van der Waals surface area contributed by atoms with Crippen LogP contribution < -0.4 is 5.73 Å². The molecule has 0 radical (unpaired) electrons. The van der Waals surface area contributed by atoms with Crippen LogP contribution in [0.3, 0.4) is 0 Å². The molecule has 20 heavy (non-hydrogen) atoms. The molecule has 0 bridgehead atoms. The fourth-order valence-corrected chi connectivity index (χ4v) is 1.94. The van der Waals surface area contributed by atoms with Crippen molar-refractivity contribution in [2.45, 2.75) is 26.8 Å². The van der Waals surface area contributed by atoms with Crippen molar-refractivity contribution in [3.05, 3.63) is 29.8 Å². The van der Waals surface area contributed by atoms with E-state index in [4.69, 9.17) is 10.3 Å². The van der Waals surface area contributed by atoms with Crippen LogP contribution in [0.1, 0.15) is 31.4 Å². The van der Waals surface area contributed by atoms with Crippen molar-refractivity contribution in [3.63, 3.8) is 0 Å². The summed E-state index contributed by atoms with van der Waals surface area (Å²) in [5.74, 6) is 0.995. The van der Waals surface area contributed by atoms with E-state index in [1.807, 2.05) is 19.1 Å². The Morgan fingerprint density at radius 2 is 2.05 bits per heavy atom. The van der Waals surface area contributed by atoms with Crippen LogP contribution in [0.15, 0.2) is 22.9 Å². The zero-order valence-electron chi connectivity index (χ0n) is 12.2. The highest BCUT2D eigenvalue weighted by molar-refractivity contribution is 5.50. The number of likely N-dealkylation sites (N-methyl/N-ethyl adjacent to an activating group) is 1. The largest absolute Gasteiger partial charge is 0.334 e. The normalized spacial score (nSPS) is 12.8. The van der Waals surface area contributed by atoms with E-state index in [2.05, 4.69) is 33.9 Å². The summed E-state index contributed by atoms with van der Waals surface area (Å²) in [4.78, 5) is 10.8. The summed E-state index contributed by atoms with van der Waals surface area (Å²) in [5, 5.41) is 3.97. The number of nitrogens with two attached hydrogens (primary N) is 1. The van der Waals surface area contributed by atoms with E-state index in [1.165, 1.54) is 0 Å². The predicted molar refractivity (Wildman–Crippen MR) is 77.0 cm³/mol. The molecule has 6 nitrogen and oxygen atoms in total. The lowest BCUT2D eigenvalue weighted by molar-refractivity contribution is 0.278. The third-order valence-corrected chi connectivity index (χ3v) is 3.28. The molecule has 0 aliphatic rings. The highest BCUT2D eigenvalue weighted by atomic mass is 16.5. The minimum Gasteiger partial charge on any atom is -0.334 e. The van der Waals surface area contributed by atoms with E-state index in [9.17, 15) is 0 Å². The molecule has 2 rings (SSSR count). The minimum atomic E-state index is -0.245. The molecule has 2 heterocycles. The SMILES string of the molecule is CCN(CC)CC(N)c1noc(-c2ccc(C)nc2)n1. The van der Waals surface area contributed by atoms with Crippen molar-refractivity contribution in [2.75, 3.05) is 19.6 Å².